The summed E-state index contributed by atoms with van der Waals surface area (Å²) in [6, 6.07) is 5.97. The number of hydrogen-bond donors (Lipinski definition) is 1. The molecule has 7 nitrogen and oxygen atoms in total. The lowest BCUT2D eigenvalue weighted by molar-refractivity contribution is -0.132. The number of nitrogens with zero attached hydrogens (tertiary/aromatic N) is 4. The van der Waals surface area contributed by atoms with Crippen molar-refractivity contribution in [3.63, 3.8) is 0 Å². The highest BCUT2D eigenvalue weighted by Gasteiger charge is 2.48. The number of rotatable bonds is 7. The van der Waals surface area contributed by atoms with Crippen LogP contribution >= 0.6 is 22.9 Å². The number of nitrogens with one attached hydrogen (secondary N) is 1. The lowest BCUT2D eigenvalue weighted by Crippen LogP contribution is -2.60. The van der Waals surface area contributed by atoms with Gasteiger partial charge in [-0.2, -0.15) is 0 Å². The zero-order chi connectivity index (χ0) is 25.9. The van der Waals surface area contributed by atoms with Crippen LogP contribution in [0.25, 0.3) is 10.6 Å². The van der Waals surface area contributed by atoms with Gasteiger partial charge in [0, 0.05) is 59.7 Å². The first-order valence-electron chi connectivity index (χ1n) is 11.2. The third-order valence-corrected chi connectivity index (χ3v) is 7.29. The summed E-state index contributed by atoms with van der Waals surface area (Å²) in [5, 5.41) is 5.34. The fourth-order valence-electron chi connectivity index (χ4n) is 4.25. The van der Waals surface area contributed by atoms with Crippen LogP contribution in [0.5, 0.6) is 0 Å². The summed E-state index contributed by atoms with van der Waals surface area (Å²) < 4.78 is 41.6. The van der Waals surface area contributed by atoms with Crippen LogP contribution in [0.2, 0.25) is 0 Å². The molecule has 12 heteroatoms. The van der Waals surface area contributed by atoms with E-state index in [-0.39, 0.29) is 36.9 Å². The number of thiazole rings is 1. The van der Waals surface area contributed by atoms with Gasteiger partial charge >= 0.3 is 0 Å². The number of carbonyl (C=O) groups excluding carboxylic acids is 2. The summed E-state index contributed by atoms with van der Waals surface area (Å²) >= 11 is 7.02. The van der Waals surface area contributed by atoms with Crippen LogP contribution < -0.4 is 10.2 Å². The Morgan fingerprint density at radius 2 is 1.83 bits per heavy atom. The Kier molecular flexibility index (Phi) is 7.60. The second-order valence-corrected chi connectivity index (χ2v) is 9.94. The van der Waals surface area contributed by atoms with Gasteiger partial charge in [0.05, 0.1) is 0 Å². The number of benzene rings is 1. The van der Waals surface area contributed by atoms with Gasteiger partial charge < -0.3 is 5.32 Å². The fourth-order valence-corrected chi connectivity index (χ4v) is 4.99. The number of amides is 2. The minimum atomic E-state index is -2.78. The van der Waals surface area contributed by atoms with Crippen LogP contribution in [0, 0.1) is 0 Å². The second kappa shape index (κ2) is 10.5. The molecule has 3 aromatic rings. The molecular formula is C24H23ClF3N5O2S. The molecule has 0 saturated heterocycles. The van der Waals surface area contributed by atoms with Crippen molar-refractivity contribution in [2.45, 2.75) is 55.7 Å². The molecule has 1 saturated carbocycles. The zero-order valence-electron chi connectivity index (χ0n) is 19.2. The van der Waals surface area contributed by atoms with Crippen LogP contribution in [0.15, 0.2) is 54.6 Å². The molecule has 1 unspecified atom stereocenters. The van der Waals surface area contributed by atoms with E-state index < -0.39 is 34.9 Å². The van der Waals surface area contributed by atoms with Crippen molar-refractivity contribution in [3.05, 3.63) is 60.1 Å². The van der Waals surface area contributed by atoms with Crippen LogP contribution in [0.1, 0.15) is 38.2 Å². The Bertz CT molecular complexity index is 1190. The van der Waals surface area contributed by atoms with E-state index >= 15 is 0 Å². The first kappa shape index (κ1) is 26.0. The topological polar surface area (TPSA) is 88.1 Å². The minimum absolute atomic E-state index is 0.0673. The van der Waals surface area contributed by atoms with Crippen molar-refractivity contribution >= 4 is 40.4 Å². The van der Waals surface area contributed by atoms with Gasteiger partial charge in [0.15, 0.2) is 5.54 Å². The van der Waals surface area contributed by atoms with Crippen LogP contribution in [-0.4, -0.2) is 44.4 Å². The number of aromatic nitrogens is 3. The zero-order valence-corrected chi connectivity index (χ0v) is 20.8. The Balaban J connectivity index is 1.75. The SMILES string of the molecule is CC(C(=O)NC1CCC(F)(F)CC1)(c1cncnc1)N(C(=O)[C@H](F)Cl)c1ccc(-c2nccs2)cc1. The average Bonchev–Trinajstić information content (AvgIpc) is 3.41. The van der Waals surface area contributed by atoms with E-state index in [1.165, 1.54) is 37.0 Å². The van der Waals surface area contributed by atoms with E-state index in [0.717, 1.165) is 15.5 Å². The predicted octanol–water partition coefficient (Wildman–Crippen LogP) is 5.08. The quantitative estimate of drug-likeness (QED) is 0.425. The van der Waals surface area contributed by atoms with Gasteiger partial charge in [-0.15, -0.1) is 11.3 Å². The van der Waals surface area contributed by atoms with Crippen molar-refractivity contribution in [2.75, 3.05) is 4.90 Å². The molecule has 2 amide bonds. The van der Waals surface area contributed by atoms with Crippen molar-refractivity contribution in [3.8, 4) is 10.6 Å². The van der Waals surface area contributed by atoms with E-state index in [1.54, 1.807) is 30.5 Å². The van der Waals surface area contributed by atoms with Gasteiger partial charge in [-0.05, 0) is 44.0 Å². The molecule has 2 aromatic heterocycles. The molecule has 4 rings (SSSR count). The predicted molar refractivity (Wildman–Crippen MR) is 131 cm³/mol. The van der Waals surface area contributed by atoms with Crippen molar-refractivity contribution in [1.29, 1.82) is 0 Å². The summed E-state index contributed by atoms with van der Waals surface area (Å²) in [7, 11) is 0. The van der Waals surface area contributed by atoms with Gasteiger partial charge in [0.1, 0.15) is 11.3 Å². The maximum atomic E-state index is 14.3. The first-order chi connectivity index (χ1) is 17.1. The molecule has 2 heterocycles. The lowest BCUT2D eigenvalue weighted by atomic mass is 9.87. The number of carbonyl (C=O) groups is 2. The van der Waals surface area contributed by atoms with E-state index in [2.05, 4.69) is 20.3 Å². The molecule has 1 aromatic carbocycles. The number of hydrogen-bond acceptors (Lipinski definition) is 6. The molecule has 1 N–H and O–H groups in total. The highest BCUT2D eigenvalue weighted by molar-refractivity contribution is 7.13. The van der Waals surface area contributed by atoms with E-state index in [4.69, 9.17) is 11.6 Å². The Hall–Kier alpha value is -3.05. The van der Waals surface area contributed by atoms with Crippen LogP contribution in [0.3, 0.4) is 0 Å². The number of halogens is 4. The monoisotopic (exact) mass is 537 g/mol. The van der Waals surface area contributed by atoms with Gasteiger partial charge in [-0.3, -0.25) is 14.5 Å². The third kappa shape index (κ3) is 5.36. The van der Waals surface area contributed by atoms with Crippen LogP contribution in [0.4, 0.5) is 18.9 Å². The van der Waals surface area contributed by atoms with Gasteiger partial charge in [0.2, 0.25) is 5.92 Å². The molecule has 1 aliphatic rings. The van der Waals surface area contributed by atoms with E-state index in [9.17, 15) is 22.8 Å². The molecule has 0 aliphatic heterocycles. The average molecular weight is 538 g/mol. The van der Waals surface area contributed by atoms with Crippen molar-refractivity contribution in [1.82, 2.24) is 20.3 Å². The maximum absolute atomic E-state index is 14.3. The number of alkyl halides is 4. The molecule has 0 spiro atoms. The normalized spacial score (nSPS) is 18.1. The third-order valence-electron chi connectivity index (χ3n) is 6.28. The Morgan fingerprint density at radius 3 is 2.39 bits per heavy atom. The summed E-state index contributed by atoms with van der Waals surface area (Å²) in [5.41, 5.74) is -3.14. The number of anilines is 1. The highest BCUT2D eigenvalue weighted by Crippen LogP contribution is 2.37. The van der Waals surface area contributed by atoms with E-state index in [0.29, 0.717) is 0 Å². The van der Waals surface area contributed by atoms with Crippen LogP contribution in [-0.2, 0) is 15.1 Å². The fraction of sp³-hybridized carbons (Fsp3) is 0.375. The first-order valence-corrected chi connectivity index (χ1v) is 12.5. The molecule has 0 bridgehead atoms. The molecule has 190 valence electrons. The van der Waals surface area contributed by atoms with Gasteiger partial charge in [-0.25, -0.2) is 28.1 Å². The molecule has 36 heavy (non-hydrogen) atoms. The molecule has 1 fully saturated rings. The Morgan fingerprint density at radius 1 is 1.19 bits per heavy atom. The van der Waals surface area contributed by atoms with E-state index in [1.807, 2.05) is 5.38 Å². The molecular weight excluding hydrogens is 515 g/mol. The summed E-state index contributed by atoms with van der Waals surface area (Å²) in [6.07, 6.45) is 5.00. The smallest absolute Gasteiger partial charge is 0.278 e. The highest BCUT2D eigenvalue weighted by atomic mass is 35.5. The van der Waals surface area contributed by atoms with Crippen molar-refractivity contribution < 1.29 is 22.8 Å². The largest absolute Gasteiger partial charge is 0.351 e. The minimum Gasteiger partial charge on any atom is -0.351 e. The molecule has 2 atom stereocenters. The maximum Gasteiger partial charge on any atom is 0.278 e. The standard InChI is InChI=1S/C24H23ClF3N5O2S/c1-23(16-12-29-14-30-13-16,22(35)32-17-6-8-24(27,28)9-7-17)33(21(34)19(25)26)18-4-2-15(3-5-18)20-31-10-11-36-20/h2-5,10-14,17,19H,6-9H2,1H3,(H,32,35)/t19-,23?/m0/s1. The summed E-state index contributed by atoms with van der Waals surface area (Å²) in [4.78, 5) is 40.1. The molecule has 0 radical (unpaired) electrons. The summed E-state index contributed by atoms with van der Waals surface area (Å²) in [6.45, 7) is 1.42. The lowest BCUT2D eigenvalue weighted by Gasteiger charge is -2.41. The second-order valence-electron chi connectivity index (χ2n) is 8.66. The van der Waals surface area contributed by atoms with Gasteiger partial charge in [-0.1, -0.05) is 11.6 Å². The van der Waals surface area contributed by atoms with Crippen molar-refractivity contribution in [2.24, 2.45) is 0 Å². The van der Waals surface area contributed by atoms with Gasteiger partial charge in [0.25, 0.3) is 17.4 Å². The summed E-state index contributed by atoms with van der Waals surface area (Å²) in [5.74, 6) is -4.64. The molecule has 1 aliphatic carbocycles. The Labute approximate surface area is 214 Å².